The minimum atomic E-state index is 0.528. The predicted molar refractivity (Wildman–Crippen MR) is 55.3 cm³/mol. The van der Waals surface area contributed by atoms with Crippen LogP contribution >= 0.6 is 0 Å². The Morgan fingerprint density at radius 3 is 3.07 bits per heavy atom. The summed E-state index contributed by atoms with van der Waals surface area (Å²) < 4.78 is 5.95. The zero-order chi connectivity index (χ0) is 9.38. The van der Waals surface area contributed by atoms with Crippen LogP contribution in [0.15, 0.2) is 0 Å². The first-order valence-corrected chi connectivity index (χ1v) is 5.98. The van der Waals surface area contributed by atoms with Crippen molar-refractivity contribution in [3.8, 4) is 0 Å². The van der Waals surface area contributed by atoms with Crippen LogP contribution in [-0.2, 0) is 4.74 Å². The Bertz CT molecular complexity index is 191. The van der Waals surface area contributed by atoms with Gasteiger partial charge in [-0.15, -0.1) is 0 Å². The number of nitrogens with one attached hydrogen (secondary N) is 1. The van der Waals surface area contributed by atoms with Crippen LogP contribution in [0, 0.1) is 5.92 Å². The Morgan fingerprint density at radius 2 is 2.29 bits per heavy atom. The van der Waals surface area contributed by atoms with Gasteiger partial charge in [0.2, 0.25) is 0 Å². The SMILES string of the molecule is C1CN2CC(OCC3CC3)CC2CN1. The van der Waals surface area contributed by atoms with Gasteiger partial charge in [-0.25, -0.2) is 0 Å². The Kier molecular flexibility index (Phi) is 2.48. The fraction of sp³-hybridized carbons (Fsp3) is 1.00. The van der Waals surface area contributed by atoms with E-state index in [0.717, 1.165) is 25.1 Å². The maximum atomic E-state index is 5.95. The zero-order valence-electron chi connectivity index (χ0n) is 8.74. The van der Waals surface area contributed by atoms with Gasteiger partial charge in [-0.2, -0.15) is 0 Å². The van der Waals surface area contributed by atoms with Crippen molar-refractivity contribution in [3.63, 3.8) is 0 Å². The molecule has 3 nitrogen and oxygen atoms in total. The van der Waals surface area contributed by atoms with Gasteiger partial charge < -0.3 is 10.1 Å². The van der Waals surface area contributed by atoms with Crippen molar-refractivity contribution in [2.75, 3.05) is 32.8 Å². The minimum absolute atomic E-state index is 0.528. The summed E-state index contributed by atoms with van der Waals surface area (Å²) in [6, 6.07) is 0.757. The molecule has 2 heterocycles. The van der Waals surface area contributed by atoms with Crippen LogP contribution < -0.4 is 5.32 Å². The Balaban J connectivity index is 1.47. The van der Waals surface area contributed by atoms with Gasteiger partial charge in [0.05, 0.1) is 6.10 Å². The third-order valence-corrected chi connectivity index (χ3v) is 3.71. The maximum absolute atomic E-state index is 5.95. The normalized spacial score (nSPS) is 38.6. The summed E-state index contributed by atoms with van der Waals surface area (Å²) in [5.74, 6) is 0.908. The number of piperazine rings is 1. The molecule has 0 amide bonds. The third kappa shape index (κ3) is 1.95. The van der Waals surface area contributed by atoms with Crippen LogP contribution in [0.5, 0.6) is 0 Å². The molecule has 0 aromatic heterocycles. The van der Waals surface area contributed by atoms with Gasteiger partial charge in [0, 0.05) is 38.8 Å². The van der Waals surface area contributed by atoms with Crippen LogP contribution in [0.4, 0.5) is 0 Å². The van der Waals surface area contributed by atoms with Crippen molar-refractivity contribution < 1.29 is 4.74 Å². The lowest BCUT2D eigenvalue weighted by molar-refractivity contribution is 0.0520. The van der Waals surface area contributed by atoms with Crippen molar-refractivity contribution in [2.45, 2.75) is 31.4 Å². The minimum Gasteiger partial charge on any atom is -0.377 e. The van der Waals surface area contributed by atoms with Gasteiger partial charge in [0.25, 0.3) is 0 Å². The number of rotatable bonds is 3. The zero-order valence-corrected chi connectivity index (χ0v) is 8.74. The summed E-state index contributed by atoms with van der Waals surface area (Å²) in [4.78, 5) is 2.59. The molecule has 1 N–H and O–H groups in total. The molecule has 0 aromatic rings. The van der Waals surface area contributed by atoms with Crippen molar-refractivity contribution in [1.29, 1.82) is 0 Å². The summed E-state index contributed by atoms with van der Waals surface area (Å²) >= 11 is 0. The van der Waals surface area contributed by atoms with E-state index in [1.165, 1.54) is 38.9 Å². The second-order valence-electron chi connectivity index (χ2n) is 4.99. The van der Waals surface area contributed by atoms with Crippen LogP contribution in [-0.4, -0.2) is 49.8 Å². The van der Waals surface area contributed by atoms with E-state index in [1.54, 1.807) is 0 Å². The van der Waals surface area contributed by atoms with Crippen molar-refractivity contribution >= 4 is 0 Å². The molecule has 3 fully saturated rings. The van der Waals surface area contributed by atoms with E-state index in [2.05, 4.69) is 10.2 Å². The largest absolute Gasteiger partial charge is 0.377 e. The average Bonchev–Trinajstić information content (AvgIpc) is 2.94. The molecule has 0 aromatic carbocycles. The van der Waals surface area contributed by atoms with E-state index in [-0.39, 0.29) is 0 Å². The van der Waals surface area contributed by atoms with Gasteiger partial charge >= 0.3 is 0 Å². The third-order valence-electron chi connectivity index (χ3n) is 3.71. The molecule has 14 heavy (non-hydrogen) atoms. The molecule has 0 bridgehead atoms. The van der Waals surface area contributed by atoms with Crippen molar-refractivity contribution in [1.82, 2.24) is 10.2 Å². The number of hydrogen-bond acceptors (Lipinski definition) is 3. The summed E-state index contributed by atoms with van der Waals surface area (Å²) in [6.45, 7) is 5.75. The topological polar surface area (TPSA) is 24.5 Å². The summed E-state index contributed by atoms with van der Waals surface area (Å²) in [6.07, 6.45) is 4.59. The van der Waals surface area contributed by atoms with E-state index < -0.39 is 0 Å². The second kappa shape index (κ2) is 3.80. The van der Waals surface area contributed by atoms with Crippen molar-refractivity contribution in [2.24, 2.45) is 5.92 Å². The highest BCUT2D eigenvalue weighted by Crippen LogP contribution is 2.30. The molecule has 2 unspecified atom stereocenters. The molecule has 1 aliphatic carbocycles. The van der Waals surface area contributed by atoms with Crippen LogP contribution in [0.3, 0.4) is 0 Å². The molecule has 2 saturated heterocycles. The highest BCUT2D eigenvalue weighted by atomic mass is 16.5. The number of hydrogen-bond donors (Lipinski definition) is 1. The molecule has 0 radical (unpaired) electrons. The molecule has 80 valence electrons. The monoisotopic (exact) mass is 196 g/mol. The fourth-order valence-electron chi connectivity index (χ4n) is 2.59. The first-order chi connectivity index (χ1) is 6.92. The van der Waals surface area contributed by atoms with E-state index in [0.29, 0.717) is 6.10 Å². The molecule has 0 spiro atoms. The second-order valence-corrected chi connectivity index (χ2v) is 4.99. The van der Waals surface area contributed by atoms with Crippen LogP contribution in [0.2, 0.25) is 0 Å². The van der Waals surface area contributed by atoms with E-state index in [9.17, 15) is 0 Å². The summed E-state index contributed by atoms with van der Waals surface area (Å²) in [5.41, 5.74) is 0. The maximum Gasteiger partial charge on any atom is 0.0717 e. The lowest BCUT2D eigenvalue weighted by Crippen LogP contribution is -2.47. The van der Waals surface area contributed by atoms with Gasteiger partial charge in [0.15, 0.2) is 0 Å². The predicted octanol–water partition coefficient (Wildman–Crippen LogP) is 0.459. The Morgan fingerprint density at radius 1 is 1.36 bits per heavy atom. The fourth-order valence-corrected chi connectivity index (χ4v) is 2.59. The Hall–Kier alpha value is -0.120. The lowest BCUT2D eigenvalue weighted by atomic mass is 10.2. The first-order valence-electron chi connectivity index (χ1n) is 5.98. The Labute approximate surface area is 85.8 Å². The smallest absolute Gasteiger partial charge is 0.0717 e. The van der Waals surface area contributed by atoms with Crippen LogP contribution in [0.1, 0.15) is 19.3 Å². The molecule has 2 aliphatic heterocycles. The van der Waals surface area contributed by atoms with Crippen LogP contribution in [0.25, 0.3) is 0 Å². The average molecular weight is 196 g/mol. The van der Waals surface area contributed by atoms with Gasteiger partial charge in [0.1, 0.15) is 0 Å². The quantitative estimate of drug-likeness (QED) is 0.709. The van der Waals surface area contributed by atoms with E-state index in [4.69, 9.17) is 4.74 Å². The van der Waals surface area contributed by atoms with Crippen molar-refractivity contribution in [3.05, 3.63) is 0 Å². The molecule has 3 aliphatic rings. The van der Waals surface area contributed by atoms with Gasteiger partial charge in [-0.1, -0.05) is 0 Å². The summed E-state index contributed by atoms with van der Waals surface area (Å²) in [7, 11) is 0. The molecule has 2 atom stereocenters. The highest BCUT2D eigenvalue weighted by Gasteiger charge is 2.34. The van der Waals surface area contributed by atoms with E-state index in [1.807, 2.05) is 0 Å². The molecular formula is C11H20N2O. The molecular weight excluding hydrogens is 176 g/mol. The molecule has 1 saturated carbocycles. The number of ether oxygens (including phenoxy) is 1. The van der Waals surface area contributed by atoms with Gasteiger partial charge in [-0.3, -0.25) is 4.90 Å². The van der Waals surface area contributed by atoms with Gasteiger partial charge in [-0.05, 0) is 25.2 Å². The van der Waals surface area contributed by atoms with E-state index >= 15 is 0 Å². The lowest BCUT2D eigenvalue weighted by Gasteiger charge is -2.29. The summed E-state index contributed by atoms with van der Waals surface area (Å²) in [5, 5.41) is 3.46. The number of fused-ring (bicyclic) bond motifs is 1. The highest BCUT2D eigenvalue weighted by molar-refractivity contribution is 4.90. The number of nitrogens with zero attached hydrogens (tertiary/aromatic N) is 1. The molecule has 3 heteroatoms. The molecule has 3 rings (SSSR count). The first kappa shape index (κ1) is 9.13. The standard InChI is InChI=1S/C11H20N2O/c1-2-9(1)8-14-11-5-10-6-12-3-4-13(10)7-11/h9-12H,1-8H2.